The van der Waals surface area contributed by atoms with E-state index in [9.17, 15) is 0 Å². The molecule has 162 valence electrons. The highest BCUT2D eigenvalue weighted by Gasteiger charge is 2.51. The number of hydrogen-bond acceptors (Lipinski definition) is 5. The molecule has 4 aromatic rings. The maximum atomic E-state index is 15.2. The van der Waals surface area contributed by atoms with Gasteiger partial charge in [0.05, 0.1) is 17.6 Å². The van der Waals surface area contributed by atoms with Crippen LogP contribution in [0, 0.1) is 11.7 Å². The third kappa shape index (κ3) is 2.75. The van der Waals surface area contributed by atoms with E-state index in [1.54, 1.807) is 12.3 Å². The third-order valence-electron chi connectivity index (χ3n) is 7.26. The lowest BCUT2D eigenvalue weighted by atomic mass is 9.56. The van der Waals surface area contributed by atoms with Gasteiger partial charge in [-0.05, 0) is 49.4 Å². The molecule has 0 radical (unpaired) electrons. The van der Waals surface area contributed by atoms with Crippen LogP contribution in [0.15, 0.2) is 52.0 Å². The minimum atomic E-state index is -0.320. The van der Waals surface area contributed by atoms with Crippen molar-refractivity contribution < 1.29 is 8.91 Å². The fourth-order valence-electron chi connectivity index (χ4n) is 5.90. The van der Waals surface area contributed by atoms with Crippen molar-refractivity contribution in [3.8, 4) is 17.1 Å². The SMILES string of the molecule is C[C@H]1c2oncc2C[C@@]2(C)c3c(c(-c4ccncn4)nn3-c3ccc(Br)cc3F)CC[C@H]12. The molecule has 3 aromatic heterocycles. The Morgan fingerprint density at radius 2 is 2.16 bits per heavy atom. The van der Waals surface area contributed by atoms with Gasteiger partial charge in [-0.1, -0.05) is 34.9 Å². The first-order valence-corrected chi connectivity index (χ1v) is 11.5. The summed E-state index contributed by atoms with van der Waals surface area (Å²) in [6.45, 7) is 4.49. The first-order valence-electron chi connectivity index (χ1n) is 10.7. The summed E-state index contributed by atoms with van der Waals surface area (Å²) in [5.41, 5.74) is 5.06. The van der Waals surface area contributed by atoms with Gasteiger partial charge in [0.1, 0.15) is 29.3 Å². The van der Waals surface area contributed by atoms with Crippen LogP contribution in [0.4, 0.5) is 4.39 Å². The Morgan fingerprint density at radius 1 is 1.28 bits per heavy atom. The van der Waals surface area contributed by atoms with Crippen LogP contribution in [0.3, 0.4) is 0 Å². The van der Waals surface area contributed by atoms with Gasteiger partial charge < -0.3 is 4.52 Å². The maximum absolute atomic E-state index is 15.2. The van der Waals surface area contributed by atoms with Gasteiger partial charge in [0, 0.05) is 33.1 Å². The van der Waals surface area contributed by atoms with E-state index in [4.69, 9.17) is 9.62 Å². The smallest absolute Gasteiger partial charge is 0.149 e. The maximum Gasteiger partial charge on any atom is 0.149 e. The van der Waals surface area contributed by atoms with Crippen LogP contribution >= 0.6 is 15.9 Å². The van der Waals surface area contributed by atoms with Gasteiger partial charge in [-0.2, -0.15) is 5.10 Å². The van der Waals surface area contributed by atoms with E-state index < -0.39 is 0 Å². The van der Waals surface area contributed by atoms with Crippen molar-refractivity contribution in [1.29, 1.82) is 0 Å². The molecule has 6 nitrogen and oxygen atoms in total. The predicted octanol–water partition coefficient (Wildman–Crippen LogP) is 5.40. The van der Waals surface area contributed by atoms with Gasteiger partial charge in [0.25, 0.3) is 0 Å². The van der Waals surface area contributed by atoms with Crippen molar-refractivity contribution in [3.63, 3.8) is 0 Å². The Labute approximate surface area is 193 Å². The van der Waals surface area contributed by atoms with Crippen molar-refractivity contribution >= 4 is 15.9 Å². The number of nitrogens with zero attached hydrogens (tertiary/aromatic N) is 5. The molecule has 3 heterocycles. The van der Waals surface area contributed by atoms with E-state index in [0.29, 0.717) is 16.1 Å². The number of halogens is 2. The Morgan fingerprint density at radius 3 is 2.94 bits per heavy atom. The summed E-state index contributed by atoms with van der Waals surface area (Å²) in [6, 6.07) is 6.97. The molecule has 0 saturated carbocycles. The summed E-state index contributed by atoms with van der Waals surface area (Å²) >= 11 is 3.37. The highest BCUT2D eigenvalue weighted by Crippen LogP contribution is 2.55. The molecular formula is C24H21BrFN5O. The van der Waals surface area contributed by atoms with Crippen LogP contribution < -0.4 is 0 Å². The third-order valence-corrected chi connectivity index (χ3v) is 7.75. The average Bonchev–Trinajstić information content (AvgIpc) is 3.39. The van der Waals surface area contributed by atoms with E-state index >= 15 is 4.39 Å². The Bertz CT molecular complexity index is 1330. The fourth-order valence-corrected chi connectivity index (χ4v) is 6.24. The predicted molar refractivity (Wildman–Crippen MR) is 120 cm³/mol. The summed E-state index contributed by atoms with van der Waals surface area (Å²) in [5.74, 6) is 1.22. The fraction of sp³-hybridized carbons (Fsp3) is 0.333. The minimum Gasteiger partial charge on any atom is -0.361 e. The zero-order valence-corrected chi connectivity index (χ0v) is 19.3. The molecule has 0 unspecified atom stereocenters. The number of benzene rings is 1. The summed E-state index contributed by atoms with van der Waals surface area (Å²) in [4.78, 5) is 8.51. The van der Waals surface area contributed by atoms with E-state index in [-0.39, 0.29) is 17.2 Å². The molecule has 32 heavy (non-hydrogen) atoms. The molecule has 0 aliphatic heterocycles. The molecule has 0 saturated heterocycles. The van der Waals surface area contributed by atoms with Gasteiger partial charge in [-0.15, -0.1) is 0 Å². The van der Waals surface area contributed by atoms with Crippen molar-refractivity contribution in [3.05, 3.63) is 75.9 Å². The summed E-state index contributed by atoms with van der Waals surface area (Å²) < 4.78 is 23.3. The van der Waals surface area contributed by atoms with E-state index in [0.717, 1.165) is 53.2 Å². The summed E-state index contributed by atoms with van der Waals surface area (Å²) in [6.07, 6.45) is 7.70. The zero-order valence-electron chi connectivity index (χ0n) is 17.7. The van der Waals surface area contributed by atoms with Crippen LogP contribution in [-0.2, 0) is 18.3 Å². The van der Waals surface area contributed by atoms with Gasteiger partial charge in [0.2, 0.25) is 0 Å². The normalized spacial score (nSPS) is 24.0. The van der Waals surface area contributed by atoms with Crippen molar-refractivity contribution in [2.24, 2.45) is 5.92 Å². The Kier molecular flexibility index (Phi) is 4.37. The lowest BCUT2D eigenvalue weighted by molar-refractivity contribution is 0.170. The molecular weight excluding hydrogens is 473 g/mol. The molecule has 0 bridgehead atoms. The highest BCUT2D eigenvalue weighted by atomic mass is 79.9. The lowest BCUT2D eigenvalue weighted by Crippen LogP contribution is -2.45. The van der Waals surface area contributed by atoms with Crippen molar-refractivity contribution in [2.75, 3.05) is 0 Å². The van der Waals surface area contributed by atoms with E-state index in [1.165, 1.54) is 12.4 Å². The molecule has 0 fully saturated rings. The molecule has 3 atom stereocenters. The lowest BCUT2D eigenvalue weighted by Gasteiger charge is -2.47. The van der Waals surface area contributed by atoms with Crippen LogP contribution in [0.5, 0.6) is 0 Å². The van der Waals surface area contributed by atoms with Crippen molar-refractivity contribution in [1.82, 2.24) is 24.9 Å². The molecule has 0 amide bonds. The van der Waals surface area contributed by atoms with Gasteiger partial charge in [-0.3, -0.25) is 0 Å². The zero-order chi connectivity index (χ0) is 22.0. The average molecular weight is 494 g/mol. The van der Waals surface area contributed by atoms with Crippen LogP contribution in [-0.4, -0.2) is 24.9 Å². The molecule has 0 N–H and O–H groups in total. The standard InChI is InChI=1S/C24H21BrFN5O/c1-13-17-5-4-16-21(19-7-8-27-12-28-19)30-31(20-6-3-15(25)9-18(20)26)23(16)24(17,2)10-14-11-29-32-22(13)14/h3,6-9,11-13,17H,4-5,10H2,1-2H3/t13-,17-,24-/m1/s1. The Hall–Kier alpha value is -2.87. The number of aromatic nitrogens is 5. The topological polar surface area (TPSA) is 69.6 Å². The van der Waals surface area contributed by atoms with E-state index in [2.05, 4.69) is 44.9 Å². The molecule has 6 rings (SSSR count). The second-order valence-electron chi connectivity index (χ2n) is 9.02. The monoisotopic (exact) mass is 493 g/mol. The number of fused-ring (bicyclic) bond motifs is 4. The van der Waals surface area contributed by atoms with Crippen LogP contribution in [0.1, 0.15) is 48.8 Å². The summed E-state index contributed by atoms with van der Waals surface area (Å²) in [5, 5.41) is 9.04. The van der Waals surface area contributed by atoms with Gasteiger partial charge >= 0.3 is 0 Å². The second kappa shape index (κ2) is 7.07. The van der Waals surface area contributed by atoms with Crippen molar-refractivity contribution in [2.45, 2.75) is 44.4 Å². The largest absolute Gasteiger partial charge is 0.361 e. The van der Waals surface area contributed by atoms with Gasteiger partial charge in [0.15, 0.2) is 0 Å². The van der Waals surface area contributed by atoms with Crippen LogP contribution in [0.2, 0.25) is 0 Å². The molecule has 8 heteroatoms. The molecule has 0 spiro atoms. The molecule has 2 aliphatic carbocycles. The molecule has 1 aromatic carbocycles. The molecule has 2 aliphatic rings. The van der Waals surface area contributed by atoms with Gasteiger partial charge in [-0.25, -0.2) is 19.0 Å². The number of hydrogen-bond donors (Lipinski definition) is 0. The second-order valence-corrected chi connectivity index (χ2v) is 9.94. The summed E-state index contributed by atoms with van der Waals surface area (Å²) in [7, 11) is 0. The first-order chi connectivity index (χ1) is 15.5. The quantitative estimate of drug-likeness (QED) is 0.373. The van der Waals surface area contributed by atoms with Crippen LogP contribution in [0.25, 0.3) is 17.1 Å². The highest BCUT2D eigenvalue weighted by molar-refractivity contribution is 9.10. The Balaban J connectivity index is 1.63. The van der Waals surface area contributed by atoms with E-state index in [1.807, 2.05) is 23.0 Å². The number of rotatable bonds is 2. The first kappa shape index (κ1) is 19.8. The minimum absolute atomic E-state index is 0.222.